The number of nitrogens with zero attached hydrogens (tertiary/aromatic N) is 1. The number of rotatable bonds is 8. The molecule has 0 aliphatic carbocycles. The lowest BCUT2D eigenvalue weighted by Crippen LogP contribution is -2.25. The molecule has 2 N–H and O–H groups in total. The number of halogens is 1. The van der Waals surface area contributed by atoms with Crippen LogP contribution >= 0.6 is 0 Å². The lowest BCUT2D eigenvalue weighted by atomic mass is 9.95. The molecule has 0 amide bonds. The van der Waals surface area contributed by atoms with E-state index >= 15 is 0 Å². The Hall–Kier alpha value is -3.29. The number of aromatic nitrogens is 1. The summed E-state index contributed by atoms with van der Waals surface area (Å²) in [6, 6.07) is 13.1. The molecule has 0 radical (unpaired) electrons. The summed E-state index contributed by atoms with van der Waals surface area (Å²) in [7, 11) is 1.23. The van der Waals surface area contributed by atoms with E-state index in [1.54, 1.807) is 34.9 Å². The molecule has 0 aliphatic rings. The number of aliphatic hydroxyl groups excluding tert-OH is 2. The van der Waals surface area contributed by atoms with Gasteiger partial charge in [0.25, 0.3) is 5.56 Å². The first kappa shape index (κ1) is 24.4. The lowest BCUT2D eigenvalue weighted by molar-refractivity contribution is -0.143. The summed E-state index contributed by atoms with van der Waals surface area (Å²) in [5, 5.41) is 21.7. The third kappa shape index (κ3) is 5.56. The van der Waals surface area contributed by atoms with Crippen molar-refractivity contribution < 1.29 is 24.1 Å². The predicted molar refractivity (Wildman–Crippen MR) is 126 cm³/mol. The van der Waals surface area contributed by atoms with Crippen LogP contribution < -0.4 is 5.56 Å². The minimum atomic E-state index is -1.07. The molecule has 0 fully saturated rings. The van der Waals surface area contributed by atoms with Crippen LogP contribution in [0.2, 0.25) is 0 Å². The van der Waals surface area contributed by atoms with Gasteiger partial charge >= 0.3 is 5.97 Å². The fourth-order valence-electron chi connectivity index (χ4n) is 3.90. The van der Waals surface area contributed by atoms with Gasteiger partial charge in [0, 0.05) is 23.4 Å². The van der Waals surface area contributed by atoms with Gasteiger partial charge in [0.2, 0.25) is 0 Å². The summed E-state index contributed by atoms with van der Waals surface area (Å²) in [5.74, 6) is -0.937. The molecule has 2 unspecified atom stereocenters. The van der Waals surface area contributed by atoms with Gasteiger partial charge in [-0.1, -0.05) is 36.4 Å². The maximum absolute atomic E-state index is 13.6. The summed E-state index contributed by atoms with van der Waals surface area (Å²) in [6.07, 6.45) is 0.689. The predicted octanol–water partition coefficient (Wildman–Crippen LogP) is 4.08. The van der Waals surface area contributed by atoms with E-state index in [1.807, 2.05) is 26.0 Å². The summed E-state index contributed by atoms with van der Waals surface area (Å²) in [6.45, 7) is 3.77. The van der Waals surface area contributed by atoms with Crippen molar-refractivity contribution >= 4 is 22.8 Å². The third-order valence-electron chi connectivity index (χ3n) is 5.43. The quantitative estimate of drug-likeness (QED) is 0.502. The summed E-state index contributed by atoms with van der Waals surface area (Å²) < 4.78 is 19.8. The van der Waals surface area contributed by atoms with E-state index in [0.29, 0.717) is 16.5 Å². The number of aliphatic hydroxyl groups is 2. The van der Waals surface area contributed by atoms with Crippen molar-refractivity contribution in [2.24, 2.45) is 0 Å². The molecule has 3 aromatic rings. The van der Waals surface area contributed by atoms with E-state index in [-0.39, 0.29) is 30.3 Å². The SMILES string of the molecule is COC(=O)CC(O)CC(O)C=Cc1c(-c2ccc(F)cc2)c2ccccc2c(=O)n1C(C)C. The highest BCUT2D eigenvalue weighted by atomic mass is 19.1. The second-order valence-electron chi connectivity index (χ2n) is 8.18. The second-order valence-corrected chi connectivity index (χ2v) is 8.18. The number of esters is 1. The average Bonchev–Trinajstić information content (AvgIpc) is 2.78. The molecule has 1 heterocycles. The van der Waals surface area contributed by atoms with Gasteiger partial charge in [0.1, 0.15) is 5.82 Å². The Morgan fingerprint density at radius 2 is 1.73 bits per heavy atom. The Labute approximate surface area is 191 Å². The van der Waals surface area contributed by atoms with Gasteiger partial charge in [0.05, 0.1) is 31.4 Å². The van der Waals surface area contributed by atoms with Crippen LogP contribution in [0.3, 0.4) is 0 Å². The maximum Gasteiger partial charge on any atom is 0.308 e. The first-order chi connectivity index (χ1) is 15.7. The summed E-state index contributed by atoms with van der Waals surface area (Å²) >= 11 is 0. The molecule has 33 heavy (non-hydrogen) atoms. The molecule has 7 heteroatoms. The van der Waals surface area contributed by atoms with Crippen molar-refractivity contribution in [1.29, 1.82) is 0 Å². The fourth-order valence-corrected chi connectivity index (χ4v) is 3.90. The van der Waals surface area contributed by atoms with E-state index in [4.69, 9.17) is 0 Å². The van der Waals surface area contributed by atoms with Gasteiger partial charge in [-0.3, -0.25) is 9.59 Å². The van der Waals surface area contributed by atoms with Crippen molar-refractivity contribution in [2.75, 3.05) is 7.11 Å². The smallest absolute Gasteiger partial charge is 0.308 e. The molecule has 0 saturated heterocycles. The van der Waals surface area contributed by atoms with Crippen LogP contribution in [0, 0.1) is 5.82 Å². The van der Waals surface area contributed by atoms with Crippen LogP contribution in [-0.2, 0) is 9.53 Å². The van der Waals surface area contributed by atoms with Gasteiger partial charge in [-0.05, 0) is 49.1 Å². The number of ether oxygens (including phenoxy) is 1. The Balaban J connectivity index is 2.14. The Morgan fingerprint density at radius 3 is 2.33 bits per heavy atom. The zero-order valence-corrected chi connectivity index (χ0v) is 18.9. The van der Waals surface area contributed by atoms with E-state index in [9.17, 15) is 24.2 Å². The molecular formula is C26H28FNO5. The standard InChI is InChI=1S/C26H28FNO5/c1-16(2)28-23(13-12-19(29)14-20(30)15-24(31)33-3)25(17-8-10-18(27)11-9-17)21-6-4-5-7-22(21)26(28)32/h4-13,16,19-20,29-30H,14-15H2,1-3H3. The average molecular weight is 454 g/mol. The molecule has 0 aliphatic heterocycles. The Bertz CT molecular complexity index is 1210. The molecular weight excluding hydrogens is 425 g/mol. The van der Waals surface area contributed by atoms with Crippen LogP contribution in [0.25, 0.3) is 28.0 Å². The second kappa shape index (κ2) is 10.6. The van der Waals surface area contributed by atoms with Gasteiger partial charge in [0.15, 0.2) is 0 Å². The molecule has 0 bridgehead atoms. The lowest BCUT2D eigenvalue weighted by Gasteiger charge is -2.21. The molecule has 0 saturated carbocycles. The molecule has 0 spiro atoms. The van der Waals surface area contributed by atoms with Crippen LogP contribution in [0.4, 0.5) is 4.39 Å². The molecule has 2 aromatic carbocycles. The van der Waals surface area contributed by atoms with Crippen LogP contribution in [0.5, 0.6) is 0 Å². The maximum atomic E-state index is 13.6. The largest absolute Gasteiger partial charge is 0.469 e. The molecule has 2 atom stereocenters. The highest BCUT2D eigenvalue weighted by molar-refractivity contribution is 5.99. The highest BCUT2D eigenvalue weighted by Crippen LogP contribution is 2.33. The Kier molecular flexibility index (Phi) is 7.79. The van der Waals surface area contributed by atoms with Gasteiger partial charge in [-0.25, -0.2) is 4.39 Å². The highest BCUT2D eigenvalue weighted by Gasteiger charge is 2.19. The number of carbonyl (C=O) groups excluding carboxylic acids is 1. The number of pyridine rings is 1. The monoisotopic (exact) mass is 453 g/mol. The van der Waals surface area contributed by atoms with E-state index < -0.39 is 18.2 Å². The molecule has 174 valence electrons. The van der Waals surface area contributed by atoms with Crippen molar-refractivity contribution in [3.05, 3.63) is 76.5 Å². The van der Waals surface area contributed by atoms with E-state index in [1.165, 1.54) is 25.3 Å². The van der Waals surface area contributed by atoms with Crippen LogP contribution in [-0.4, -0.2) is 40.1 Å². The number of carbonyl (C=O) groups is 1. The molecule has 3 rings (SSSR count). The van der Waals surface area contributed by atoms with E-state index in [2.05, 4.69) is 4.74 Å². The summed E-state index contributed by atoms with van der Waals surface area (Å²) in [4.78, 5) is 24.7. The van der Waals surface area contributed by atoms with E-state index in [0.717, 1.165) is 11.1 Å². The van der Waals surface area contributed by atoms with Crippen molar-refractivity contribution in [3.8, 4) is 11.1 Å². The molecule has 1 aromatic heterocycles. The zero-order valence-electron chi connectivity index (χ0n) is 18.9. The normalized spacial score (nSPS) is 13.5. The van der Waals surface area contributed by atoms with Crippen LogP contribution in [0.1, 0.15) is 38.4 Å². The molecule has 6 nitrogen and oxygen atoms in total. The first-order valence-corrected chi connectivity index (χ1v) is 10.8. The Morgan fingerprint density at radius 1 is 1.09 bits per heavy atom. The number of methoxy groups -OCH3 is 1. The number of hydrogen-bond acceptors (Lipinski definition) is 5. The topological polar surface area (TPSA) is 88.8 Å². The van der Waals surface area contributed by atoms with Crippen molar-refractivity contribution in [1.82, 2.24) is 4.57 Å². The minimum absolute atomic E-state index is 0.0724. The van der Waals surface area contributed by atoms with Gasteiger partial charge in [-0.2, -0.15) is 0 Å². The minimum Gasteiger partial charge on any atom is -0.469 e. The third-order valence-corrected chi connectivity index (χ3v) is 5.43. The van der Waals surface area contributed by atoms with Gasteiger partial charge < -0.3 is 19.5 Å². The number of hydrogen-bond donors (Lipinski definition) is 2. The number of fused-ring (bicyclic) bond motifs is 1. The van der Waals surface area contributed by atoms with Crippen molar-refractivity contribution in [2.45, 2.75) is 44.9 Å². The fraction of sp³-hybridized carbons (Fsp3) is 0.308. The van der Waals surface area contributed by atoms with Crippen molar-refractivity contribution in [3.63, 3.8) is 0 Å². The number of benzene rings is 2. The first-order valence-electron chi connectivity index (χ1n) is 10.8. The zero-order chi connectivity index (χ0) is 24.1. The van der Waals surface area contributed by atoms with Crippen LogP contribution in [0.15, 0.2) is 59.4 Å². The van der Waals surface area contributed by atoms with Gasteiger partial charge in [-0.15, -0.1) is 0 Å². The summed E-state index contributed by atoms with van der Waals surface area (Å²) in [5.41, 5.74) is 1.84.